The van der Waals surface area contributed by atoms with Gasteiger partial charge in [0.05, 0.1) is 5.56 Å². The summed E-state index contributed by atoms with van der Waals surface area (Å²) in [5.74, 6) is -0.352. The fourth-order valence-corrected chi connectivity index (χ4v) is 2.07. The maximum atomic E-state index is 12.2. The number of hydrogen-bond donors (Lipinski definition) is 2. The number of piperazine rings is 1. The number of pyridine rings is 1. The van der Waals surface area contributed by atoms with Gasteiger partial charge in [-0.05, 0) is 12.5 Å². The van der Waals surface area contributed by atoms with Crippen molar-refractivity contribution < 1.29 is 9.59 Å². The summed E-state index contributed by atoms with van der Waals surface area (Å²) in [6.45, 7) is 2.81. The predicted molar refractivity (Wildman–Crippen MR) is 65.2 cm³/mol. The van der Waals surface area contributed by atoms with E-state index in [9.17, 15) is 14.4 Å². The summed E-state index contributed by atoms with van der Waals surface area (Å²) in [5.41, 5.74) is 0.137. The molecule has 2 rings (SSSR count). The van der Waals surface area contributed by atoms with Gasteiger partial charge >= 0.3 is 0 Å². The quantitative estimate of drug-likeness (QED) is 0.756. The van der Waals surface area contributed by atoms with E-state index in [-0.39, 0.29) is 17.4 Å². The minimum absolute atomic E-state index is 0.124. The summed E-state index contributed by atoms with van der Waals surface area (Å²) in [6.07, 6.45) is 1.95. The molecule has 0 saturated carbocycles. The fraction of sp³-hybridized carbons (Fsp3) is 0.417. The first kappa shape index (κ1) is 12.3. The van der Waals surface area contributed by atoms with Crippen LogP contribution in [0.15, 0.2) is 23.1 Å². The number of carbonyl (C=O) groups excluding carboxylic acids is 2. The summed E-state index contributed by atoms with van der Waals surface area (Å²) in [4.78, 5) is 38.9. The average molecular weight is 249 g/mol. The van der Waals surface area contributed by atoms with Crippen molar-refractivity contribution in [1.82, 2.24) is 15.2 Å². The van der Waals surface area contributed by atoms with E-state index < -0.39 is 6.04 Å². The van der Waals surface area contributed by atoms with E-state index >= 15 is 0 Å². The molecule has 2 amide bonds. The molecule has 96 valence electrons. The summed E-state index contributed by atoms with van der Waals surface area (Å²) in [6, 6.07) is 2.34. The first-order valence-corrected chi connectivity index (χ1v) is 5.91. The minimum Gasteiger partial charge on any atom is -0.353 e. The van der Waals surface area contributed by atoms with Gasteiger partial charge in [-0.2, -0.15) is 0 Å². The number of carbonyl (C=O) groups is 2. The Hall–Kier alpha value is -2.11. The molecule has 0 bridgehead atoms. The third-order valence-electron chi connectivity index (χ3n) is 3.01. The molecular weight excluding hydrogens is 234 g/mol. The lowest BCUT2D eigenvalue weighted by Crippen LogP contribution is -2.56. The van der Waals surface area contributed by atoms with Crippen molar-refractivity contribution in [2.75, 3.05) is 13.1 Å². The zero-order valence-electron chi connectivity index (χ0n) is 10.1. The molecule has 0 radical (unpaired) electrons. The van der Waals surface area contributed by atoms with Crippen molar-refractivity contribution in [3.63, 3.8) is 0 Å². The Morgan fingerprint density at radius 1 is 1.44 bits per heavy atom. The maximum Gasteiger partial charge on any atom is 0.256 e. The fourth-order valence-electron chi connectivity index (χ4n) is 2.07. The second-order valence-corrected chi connectivity index (χ2v) is 4.16. The highest BCUT2D eigenvalue weighted by Gasteiger charge is 2.31. The molecule has 0 aliphatic carbocycles. The second-order valence-electron chi connectivity index (χ2n) is 4.16. The van der Waals surface area contributed by atoms with Crippen molar-refractivity contribution in [3.05, 3.63) is 34.2 Å². The van der Waals surface area contributed by atoms with Gasteiger partial charge in [-0.15, -0.1) is 0 Å². The molecule has 1 unspecified atom stereocenters. The molecule has 0 aromatic carbocycles. The van der Waals surface area contributed by atoms with Crippen LogP contribution in [0.5, 0.6) is 0 Å². The van der Waals surface area contributed by atoms with Crippen molar-refractivity contribution in [3.8, 4) is 0 Å². The first-order valence-electron chi connectivity index (χ1n) is 5.91. The topological polar surface area (TPSA) is 82.3 Å². The number of hydrogen-bond acceptors (Lipinski definition) is 3. The van der Waals surface area contributed by atoms with E-state index in [2.05, 4.69) is 10.3 Å². The molecule has 2 N–H and O–H groups in total. The lowest BCUT2D eigenvalue weighted by molar-refractivity contribution is -0.127. The van der Waals surface area contributed by atoms with Crippen LogP contribution < -0.4 is 10.9 Å². The number of aromatic nitrogens is 1. The van der Waals surface area contributed by atoms with Gasteiger partial charge in [0, 0.05) is 25.4 Å². The molecule has 6 nitrogen and oxygen atoms in total. The van der Waals surface area contributed by atoms with Crippen molar-refractivity contribution in [2.45, 2.75) is 19.4 Å². The standard InChI is InChI=1S/C12H15N3O3/c1-2-9-11(17)13-5-6-15(9)12(18)8-3-4-10(16)14-7-8/h3-4,7,9H,2,5-6H2,1H3,(H,13,17)(H,14,16). The Balaban J connectivity index is 2.24. The minimum atomic E-state index is -0.432. The van der Waals surface area contributed by atoms with Crippen molar-refractivity contribution in [2.24, 2.45) is 0 Å². The molecule has 1 aliphatic heterocycles. The smallest absolute Gasteiger partial charge is 0.256 e. The molecule has 2 heterocycles. The summed E-state index contributed by atoms with van der Waals surface area (Å²) >= 11 is 0. The van der Waals surface area contributed by atoms with Gasteiger partial charge < -0.3 is 15.2 Å². The maximum absolute atomic E-state index is 12.2. The van der Waals surface area contributed by atoms with Gasteiger partial charge in [-0.25, -0.2) is 0 Å². The summed E-state index contributed by atoms with van der Waals surface area (Å²) in [7, 11) is 0. The monoisotopic (exact) mass is 249 g/mol. The van der Waals surface area contributed by atoms with E-state index in [0.29, 0.717) is 25.1 Å². The van der Waals surface area contributed by atoms with E-state index in [0.717, 1.165) is 0 Å². The third kappa shape index (κ3) is 2.27. The van der Waals surface area contributed by atoms with E-state index in [1.165, 1.54) is 18.3 Å². The van der Waals surface area contributed by atoms with Gasteiger partial charge in [0.25, 0.3) is 5.91 Å². The largest absolute Gasteiger partial charge is 0.353 e. The van der Waals surface area contributed by atoms with Crippen LogP contribution in [0.3, 0.4) is 0 Å². The second kappa shape index (κ2) is 5.03. The molecule has 0 spiro atoms. The molecule has 1 fully saturated rings. The van der Waals surface area contributed by atoms with E-state index in [4.69, 9.17) is 0 Å². The third-order valence-corrected chi connectivity index (χ3v) is 3.01. The van der Waals surface area contributed by atoms with Crippen LogP contribution in [0.2, 0.25) is 0 Å². The number of amides is 2. The van der Waals surface area contributed by atoms with Crippen LogP contribution >= 0.6 is 0 Å². The van der Waals surface area contributed by atoms with Gasteiger partial charge in [-0.1, -0.05) is 6.92 Å². The Morgan fingerprint density at radius 2 is 2.22 bits per heavy atom. The van der Waals surface area contributed by atoms with Crippen LogP contribution in [0.25, 0.3) is 0 Å². The Bertz CT molecular complexity index is 503. The number of nitrogens with one attached hydrogen (secondary N) is 2. The van der Waals surface area contributed by atoms with Crippen LogP contribution in [0.1, 0.15) is 23.7 Å². The lowest BCUT2D eigenvalue weighted by Gasteiger charge is -2.34. The normalized spacial score (nSPS) is 19.5. The van der Waals surface area contributed by atoms with E-state index in [1.807, 2.05) is 6.92 Å². The van der Waals surface area contributed by atoms with Gasteiger partial charge in [-0.3, -0.25) is 14.4 Å². The number of H-pyrrole nitrogens is 1. The van der Waals surface area contributed by atoms with Crippen LogP contribution in [0.4, 0.5) is 0 Å². The zero-order chi connectivity index (χ0) is 13.1. The van der Waals surface area contributed by atoms with Gasteiger partial charge in [0.1, 0.15) is 6.04 Å². The summed E-state index contributed by atoms with van der Waals surface area (Å²) < 4.78 is 0. The highest BCUT2D eigenvalue weighted by atomic mass is 16.2. The number of aromatic amines is 1. The van der Waals surface area contributed by atoms with Crippen molar-refractivity contribution in [1.29, 1.82) is 0 Å². The lowest BCUT2D eigenvalue weighted by atomic mass is 10.1. The SMILES string of the molecule is CCC1C(=O)NCCN1C(=O)c1ccc(=O)[nH]c1. The zero-order valence-corrected chi connectivity index (χ0v) is 10.1. The van der Waals surface area contributed by atoms with Crippen LogP contribution in [-0.4, -0.2) is 40.8 Å². The highest BCUT2D eigenvalue weighted by molar-refractivity contribution is 5.97. The van der Waals surface area contributed by atoms with Gasteiger partial charge in [0.15, 0.2) is 0 Å². The van der Waals surface area contributed by atoms with Crippen molar-refractivity contribution >= 4 is 11.8 Å². The first-order chi connectivity index (χ1) is 8.63. The Labute approximate surface area is 104 Å². The molecule has 1 aliphatic rings. The molecule has 1 aromatic rings. The number of rotatable bonds is 2. The summed E-state index contributed by atoms with van der Waals surface area (Å²) in [5, 5.41) is 2.74. The average Bonchev–Trinajstić information content (AvgIpc) is 2.38. The Kier molecular flexibility index (Phi) is 3.45. The molecule has 1 aromatic heterocycles. The molecule has 1 atom stereocenters. The van der Waals surface area contributed by atoms with Crippen LogP contribution in [-0.2, 0) is 4.79 Å². The van der Waals surface area contributed by atoms with E-state index in [1.54, 1.807) is 4.90 Å². The Morgan fingerprint density at radius 3 is 2.83 bits per heavy atom. The predicted octanol–water partition coefficient (Wildman–Crippen LogP) is -0.275. The number of nitrogens with zero attached hydrogens (tertiary/aromatic N) is 1. The molecule has 6 heteroatoms. The molecular formula is C12H15N3O3. The molecule has 18 heavy (non-hydrogen) atoms. The van der Waals surface area contributed by atoms with Crippen LogP contribution in [0, 0.1) is 0 Å². The highest BCUT2D eigenvalue weighted by Crippen LogP contribution is 2.12. The van der Waals surface area contributed by atoms with Gasteiger partial charge in [0.2, 0.25) is 11.5 Å². The molecule has 1 saturated heterocycles.